The fourth-order valence-electron chi connectivity index (χ4n) is 1.90. The first-order valence-electron chi connectivity index (χ1n) is 7.63. The minimum absolute atomic E-state index is 0.245. The lowest BCUT2D eigenvalue weighted by Crippen LogP contribution is -2.43. The molecule has 130 valence electrons. The number of halogens is 1. The molecule has 0 saturated heterocycles. The molecule has 0 aliphatic rings. The molecule has 1 atom stereocenters. The van der Waals surface area contributed by atoms with Gasteiger partial charge in [-0.2, -0.15) is 0 Å². The van der Waals surface area contributed by atoms with Crippen LogP contribution in [0.3, 0.4) is 0 Å². The van der Waals surface area contributed by atoms with Crippen molar-refractivity contribution in [1.82, 2.24) is 15.2 Å². The van der Waals surface area contributed by atoms with Crippen LogP contribution < -0.4 is 5.32 Å². The third-order valence-corrected chi connectivity index (χ3v) is 3.22. The lowest BCUT2D eigenvalue weighted by Gasteiger charge is -2.28. The van der Waals surface area contributed by atoms with Crippen LogP contribution in [0.2, 0.25) is 0 Å². The molecule has 0 bridgehead atoms. The van der Waals surface area contributed by atoms with Gasteiger partial charge in [0.25, 0.3) is 0 Å². The maximum Gasteiger partial charge on any atom is 0.410 e. The zero-order chi connectivity index (χ0) is 17.5. The van der Waals surface area contributed by atoms with Crippen LogP contribution in [0.5, 0.6) is 0 Å². The average molecular weight is 388 g/mol. The molecule has 7 heteroatoms. The van der Waals surface area contributed by atoms with Gasteiger partial charge in [-0.15, -0.1) is 0 Å². The zero-order valence-corrected chi connectivity index (χ0v) is 15.8. The SMILES string of the molecule is CC(O)CN(CCNCc1cncc(Br)c1)C(=O)OC(C)(C)C. The van der Waals surface area contributed by atoms with Crippen molar-refractivity contribution in [1.29, 1.82) is 0 Å². The molecule has 1 amide bonds. The third kappa shape index (κ3) is 8.88. The maximum atomic E-state index is 12.2. The summed E-state index contributed by atoms with van der Waals surface area (Å²) in [6.07, 6.45) is 2.51. The molecule has 1 aromatic heterocycles. The van der Waals surface area contributed by atoms with Gasteiger partial charge >= 0.3 is 6.09 Å². The fourth-order valence-corrected chi connectivity index (χ4v) is 2.31. The van der Waals surface area contributed by atoms with E-state index in [1.165, 1.54) is 4.90 Å². The Morgan fingerprint density at radius 1 is 1.48 bits per heavy atom. The topological polar surface area (TPSA) is 74.7 Å². The number of nitrogens with one attached hydrogen (secondary N) is 1. The summed E-state index contributed by atoms with van der Waals surface area (Å²) in [4.78, 5) is 17.8. The number of pyridine rings is 1. The quantitative estimate of drug-likeness (QED) is 0.703. The molecule has 1 heterocycles. The molecule has 1 unspecified atom stereocenters. The Labute approximate surface area is 146 Å². The van der Waals surface area contributed by atoms with Gasteiger partial charge in [-0.25, -0.2) is 4.79 Å². The van der Waals surface area contributed by atoms with Crippen LogP contribution in [0.1, 0.15) is 33.3 Å². The lowest BCUT2D eigenvalue weighted by atomic mass is 10.2. The Kier molecular flexibility index (Phi) is 7.94. The highest BCUT2D eigenvalue weighted by molar-refractivity contribution is 9.10. The summed E-state index contributed by atoms with van der Waals surface area (Å²) in [5, 5.41) is 12.8. The second-order valence-corrected chi connectivity index (χ2v) is 7.38. The number of carbonyl (C=O) groups is 1. The van der Waals surface area contributed by atoms with Crippen molar-refractivity contribution in [2.75, 3.05) is 19.6 Å². The van der Waals surface area contributed by atoms with E-state index in [4.69, 9.17) is 4.74 Å². The van der Waals surface area contributed by atoms with E-state index in [9.17, 15) is 9.90 Å². The van der Waals surface area contributed by atoms with Gasteiger partial charge in [0, 0.05) is 43.0 Å². The Morgan fingerprint density at radius 3 is 2.74 bits per heavy atom. The largest absolute Gasteiger partial charge is 0.444 e. The van der Waals surface area contributed by atoms with Crippen molar-refractivity contribution in [2.45, 2.75) is 45.9 Å². The molecule has 0 spiro atoms. The van der Waals surface area contributed by atoms with E-state index < -0.39 is 17.8 Å². The number of aliphatic hydroxyl groups excluding tert-OH is 1. The third-order valence-electron chi connectivity index (χ3n) is 2.79. The average Bonchev–Trinajstić information content (AvgIpc) is 2.40. The predicted octanol–water partition coefficient (Wildman–Crippen LogP) is 2.55. The highest BCUT2D eigenvalue weighted by Crippen LogP contribution is 2.11. The molecule has 6 nitrogen and oxygen atoms in total. The minimum atomic E-state index is -0.600. The van der Waals surface area contributed by atoms with E-state index in [2.05, 4.69) is 26.2 Å². The van der Waals surface area contributed by atoms with Crippen molar-refractivity contribution in [2.24, 2.45) is 0 Å². The van der Waals surface area contributed by atoms with Crippen LogP contribution in [0.15, 0.2) is 22.9 Å². The molecule has 0 aliphatic heterocycles. The number of hydrogen-bond acceptors (Lipinski definition) is 5. The number of aliphatic hydroxyl groups is 1. The van der Waals surface area contributed by atoms with Crippen LogP contribution in [-0.4, -0.2) is 52.4 Å². The summed E-state index contributed by atoms with van der Waals surface area (Å²) in [7, 11) is 0. The number of amides is 1. The van der Waals surface area contributed by atoms with E-state index in [1.54, 1.807) is 19.3 Å². The number of ether oxygens (including phenoxy) is 1. The van der Waals surface area contributed by atoms with E-state index >= 15 is 0 Å². The molecule has 0 saturated carbocycles. The molecule has 2 N–H and O–H groups in total. The lowest BCUT2D eigenvalue weighted by molar-refractivity contribution is 0.0164. The summed E-state index contributed by atoms with van der Waals surface area (Å²) in [5.41, 5.74) is 0.502. The molecule has 0 aromatic carbocycles. The van der Waals surface area contributed by atoms with Gasteiger partial charge in [0.05, 0.1) is 6.10 Å². The summed E-state index contributed by atoms with van der Waals surface area (Å²) in [6, 6.07) is 1.99. The number of nitrogens with zero attached hydrogens (tertiary/aromatic N) is 2. The first-order chi connectivity index (χ1) is 10.7. The number of hydrogen-bond donors (Lipinski definition) is 2. The first kappa shape index (κ1) is 19.9. The van der Waals surface area contributed by atoms with E-state index in [0.29, 0.717) is 19.6 Å². The van der Waals surface area contributed by atoms with Gasteiger partial charge in [0.15, 0.2) is 0 Å². The van der Waals surface area contributed by atoms with Crippen LogP contribution >= 0.6 is 15.9 Å². The second kappa shape index (κ2) is 9.20. The second-order valence-electron chi connectivity index (χ2n) is 6.46. The van der Waals surface area contributed by atoms with E-state index in [1.807, 2.05) is 26.8 Å². The van der Waals surface area contributed by atoms with Gasteiger partial charge in [-0.1, -0.05) is 0 Å². The summed E-state index contributed by atoms with van der Waals surface area (Å²) >= 11 is 3.38. The minimum Gasteiger partial charge on any atom is -0.444 e. The van der Waals surface area contributed by atoms with Crippen LogP contribution in [0.25, 0.3) is 0 Å². The Hall–Kier alpha value is -1.18. The molecule has 1 aromatic rings. The van der Waals surface area contributed by atoms with Gasteiger partial charge in [0.1, 0.15) is 5.60 Å². The number of aromatic nitrogens is 1. The number of rotatable bonds is 7. The van der Waals surface area contributed by atoms with Gasteiger partial charge in [-0.3, -0.25) is 4.98 Å². The van der Waals surface area contributed by atoms with Crippen molar-refractivity contribution in [3.05, 3.63) is 28.5 Å². The molecular weight excluding hydrogens is 362 g/mol. The number of carbonyl (C=O) groups excluding carboxylic acids is 1. The predicted molar refractivity (Wildman–Crippen MR) is 93.1 cm³/mol. The van der Waals surface area contributed by atoms with Crippen LogP contribution in [-0.2, 0) is 11.3 Å². The Balaban J connectivity index is 2.46. The van der Waals surface area contributed by atoms with E-state index in [0.717, 1.165) is 10.0 Å². The maximum absolute atomic E-state index is 12.2. The fraction of sp³-hybridized carbons (Fsp3) is 0.625. The van der Waals surface area contributed by atoms with Gasteiger partial charge in [0.2, 0.25) is 0 Å². The molecule has 0 radical (unpaired) electrons. The molecule has 0 aliphatic carbocycles. The first-order valence-corrected chi connectivity index (χ1v) is 8.43. The highest BCUT2D eigenvalue weighted by Gasteiger charge is 2.22. The standard InChI is InChI=1S/C16H26BrN3O3/c1-12(21)11-20(15(22)23-16(2,3)4)6-5-18-8-13-7-14(17)10-19-9-13/h7,9-10,12,18,21H,5-6,8,11H2,1-4H3. The van der Waals surface area contributed by atoms with Crippen molar-refractivity contribution >= 4 is 22.0 Å². The van der Waals surface area contributed by atoms with Gasteiger partial charge < -0.3 is 20.1 Å². The molecule has 1 rings (SSSR count). The summed E-state index contributed by atoms with van der Waals surface area (Å²) in [5.74, 6) is 0. The van der Waals surface area contributed by atoms with E-state index in [-0.39, 0.29) is 6.54 Å². The van der Waals surface area contributed by atoms with Crippen LogP contribution in [0, 0.1) is 0 Å². The smallest absolute Gasteiger partial charge is 0.410 e. The zero-order valence-electron chi connectivity index (χ0n) is 14.2. The Bertz CT molecular complexity index is 504. The van der Waals surface area contributed by atoms with Crippen molar-refractivity contribution in [3.63, 3.8) is 0 Å². The normalized spacial score (nSPS) is 12.8. The Morgan fingerprint density at radius 2 is 2.17 bits per heavy atom. The van der Waals surface area contributed by atoms with Crippen molar-refractivity contribution in [3.8, 4) is 0 Å². The summed E-state index contributed by atoms with van der Waals surface area (Å²) in [6.45, 7) is 9.08. The molecule has 0 fully saturated rings. The molecule has 23 heavy (non-hydrogen) atoms. The monoisotopic (exact) mass is 387 g/mol. The molecular formula is C16H26BrN3O3. The van der Waals surface area contributed by atoms with Gasteiger partial charge in [-0.05, 0) is 55.3 Å². The summed E-state index contributed by atoms with van der Waals surface area (Å²) < 4.78 is 6.30. The highest BCUT2D eigenvalue weighted by atomic mass is 79.9. The van der Waals surface area contributed by atoms with Crippen molar-refractivity contribution < 1.29 is 14.6 Å². The van der Waals surface area contributed by atoms with Crippen LogP contribution in [0.4, 0.5) is 4.79 Å².